The summed E-state index contributed by atoms with van der Waals surface area (Å²) in [5, 5.41) is 7.72. The van der Waals surface area contributed by atoms with Crippen LogP contribution in [0.25, 0.3) is 0 Å². The first-order valence-corrected chi connectivity index (χ1v) is 7.58. The molecule has 0 radical (unpaired) electrons. The fourth-order valence-electron chi connectivity index (χ4n) is 0. The molecule has 0 aliphatic heterocycles. The molecule has 124 valence electrons. The molecule has 0 atom stereocenters. The Balaban J connectivity index is -0.0000000478. The minimum Gasteiger partial charge on any atom is -0.481 e. The second-order valence-electron chi connectivity index (χ2n) is 4.12. The molecule has 0 fully saturated rings. The van der Waals surface area contributed by atoms with Crippen molar-refractivity contribution in [2.45, 2.75) is 74.1 Å². The highest BCUT2D eigenvalue weighted by Gasteiger charge is 1.80. The Morgan fingerprint density at radius 1 is 1.00 bits per heavy atom. The van der Waals surface area contributed by atoms with Crippen LogP contribution in [0.1, 0.15) is 74.1 Å². The molecule has 0 bridgehead atoms. The Morgan fingerprint density at radius 2 is 1.15 bits per heavy atom. The van der Waals surface area contributed by atoms with Gasteiger partial charge in [-0.15, -0.1) is 12.3 Å². The van der Waals surface area contributed by atoms with E-state index in [0.717, 1.165) is 13.0 Å². The molecule has 0 saturated carbocycles. The van der Waals surface area contributed by atoms with E-state index in [1.54, 1.807) is 6.92 Å². The lowest BCUT2D eigenvalue weighted by Crippen LogP contribution is -2.08. The third-order valence-electron chi connectivity index (χ3n) is 1.14. The van der Waals surface area contributed by atoms with Crippen molar-refractivity contribution >= 4 is 5.97 Å². The number of nitrogens with zero attached hydrogens (tertiary/aromatic N) is 1. The molecule has 0 amide bonds. The number of hydrogen-bond acceptors (Lipinski definition) is 2. The van der Waals surface area contributed by atoms with Gasteiger partial charge in [0.25, 0.3) is 0 Å². The molecule has 1 N–H and O–H groups in total. The van der Waals surface area contributed by atoms with Gasteiger partial charge in [-0.05, 0) is 20.6 Å². The number of carboxylic acid groups (broad SMARTS) is 1. The van der Waals surface area contributed by atoms with E-state index < -0.39 is 5.97 Å². The summed E-state index contributed by atoms with van der Waals surface area (Å²) in [6.07, 6.45) is 8.35. The Morgan fingerprint density at radius 3 is 1.15 bits per heavy atom. The number of carbonyl (C=O) groups is 1. The topological polar surface area (TPSA) is 40.5 Å². The number of rotatable bonds is 2. The summed E-state index contributed by atoms with van der Waals surface area (Å²) in [5.74, 6) is 1.69. The van der Waals surface area contributed by atoms with Crippen molar-refractivity contribution in [1.82, 2.24) is 4.90 Å². The Bertz CT molecular complexity index is 170. The molecule has 0 aromatic rings. The van der Waals surface area contributed by atoms with Crippen LogP contribution in [0.5, 0.6) is 0 Å². The van der Waals surface area contributed by atoms with Crippen LogP contribution in [-0.4, -0.2) is 36.6 Å². The maximum Gasteiger partial charge on any atom is 0.303 e. The van der Waals surface area contributed by atoms with Crippen molar-refractivity contribution in [1.29, 1.82) is 0 Å². The standard InChI is InChI=1S/C4H11N.C4H6.C3H6O2.2C3H8/c1-4-5(2)3;1-3-4-2;1-2-3(4)5;2*1-3-2/h4H2,1-3H3;1H,4H2,2H3;2H2,1H3,(H,4,5);2*3H2,1-2H3. The first-order chi connectivity index (χ1) is 9.28. The zero-order chi connectivity index (χ0) is 17.4. The van der Waals surface area contributed by atoms with E-state index in [1.165, 1.54) is 12.8 Å². The second-order valence-corrected chi connectivity index (χ2v) is 4.12. The first-order valence-electron chi connectivity index (χ1n) is 7.58. The van der Waals surface area contributed by atoms with Crippen LogP contribution in [-0.2, 0) is 4.79 Å². The molecule has 0 aliphatic carbocycles. The number of carboxylic acids is 1. The van der Waals surface area contributed by atoms with Crippen molar-refractivity contribution < 1.29 is 9.90 Å². The van der Waals surface area contributed by atoms with Gasteiger partial charge in [-0.25, -0.2) is 0 Å². The summed E-state index contributed by atoms with van der Waals surface area (Å²) in [6, 6.07) is 0. The lowest BCUT2D eigenvalue weighted by Gasteiger charge is -2.00. The SMILES string of the molecule is C#CCC.CCC.CCC.CCC(=O)O.CCN(C)C. The fraction of sp³-hybridized carbons (Fsp3) is 0.824. The van der Waals surface area contributed by atoms with Gasteiger partial charge in [-0.1, -0.05) is 61.3 Å². The molecule has 0 aromatic carbocycles. The predicted octanol–water partition coefficient (Wildman–Crippen LogP) is 4.91. The third-order valence-corrected chi connectivity index (χ3v) is 1.14. The maximum absolute atomic E-state index is 9.37. The second kappa shape index (κ2) is 43.0. The maximum atomic E-state index is 9.37. The largest absolute Gasteiger partial charge is 0.481 e. The highest BCUT2D eigenvalue weighted by Crippen LogP contribution is 1.67. The summed E-state index contributed by atoms with van der Waals surface area (Å²) in [5.41, 5.74) is 0. The fourth-order valence-corrected chi connectivity index (χ4v) is 0. The van der Waals surface area contributed by atoms with E-state index in [0.29, 0.717) is 0 Å². The molecular weight excluding hydrogens is 250 g/mol. The number of terminal acetylenes is 1. The van der Waals surface area contributed by atoms with Crippen molar-refractivity contribution in [3.8, 4) is 12.3 Å². The zero-order valence-corrected chi connectivity index (χ0v) is 15.4. The average Bonchev–Trinajstić information content (AvgIpc) is 2.41. The molecule has 20 heavy (non-hydrogen) atoms. The van der Waals surface area contributed by atoms with Gasteiger partial charge in [-0.3, -0.25) is 4.79 Å². The normalized spacial score (nSPS) is 7.05. The van der Waals surface area contributed by atoms with Crippen LogP contribution in [0.2, 0.25) is 0 Å². The van der Waals surface area contributed by atoms with Crippen molar-refractivity contribution in [2.75, 3.05) is 20.6 Å². The summed E-state index contributed by atoms with van der Waals surface area (Å²) in [6.45, 7) is 15.3. The molecule has 0 rings (SSSR count). The van der Waals surface area contributed by atoms with E-state index in [9.17, 15) is 4.79 Å². The molecule has 3 nitrogen and oxygen atoms in total. The molecule has 0 aromatic heterocycles. The highest BCUT2D eigenvalue weighted by molar-refractivity contribution is 5.66. The minimum absolute atomic E-state index is 0.222. The van der Waals surface area contributed by atoms with Gasteiger partial charge < -0.3 is 10.0 Å². The summed E-state index contributed by atoms with van der Waals surface area (Å²) in [4.78, 5) is 11.5. The van der Waals surface area contributed by atoms with Gasteiger partial charge >= 0.3 is 5.97 Å². The van der Waals surface area contributed by atoms with E-state index in [4.69, 9.17) is 11.5 Å². The Labute approximate surface area is 128 Å². The molecule has 0 spiro atoms. The van der Waals surface area contributed by atoms with Crippen molar-refractivity contribution in [3.05, 3.63) is 0 Å². The third kappa shape index (κ3) is 273. The van der Waals surface area contributed by atoms with Crippen LogP contribution in [0.3, 0.4) is 0 Å². The van der Waals surface area contributed by atoms with Gasteiger partial charge in [0.05, 0.1) is 0 Å². The highest BCUT2D eigenvalue weighted by atomic mass is 16.4. The van der Waals surface area contributed by atoms with Gasteiger partial charge in [-0.2, -0.15) is 0 Å². The molecular formula is C17H39NO2. The summed E-state index contributed by atoms with van der Waals surface area (Å²) < 4.78 is 0. The molecule has 0 unspecified atom stereocenters. The van der Waals surface area contributed by atoms with Crippen molar-refractivity contribution in [3.63, 3.8) is 0 Å². The van der Waals surface area contributed by atoms with E-state index in [1.807, 2.05) is 6.92 Å². The molecule has 3 heteroatoms. The first kappa shape index (κ1) is 31.4. The van der Waals surface area contributed by atoms with Gasteiger partial charge in [0.1, 0.15) is 0 Å². The lowest BCUT2D eigenvalue weighted by atomic mass is 10.5. The predicted molar refractivity (Wildman–Crippen MR) is 93.2 cm³/mol. The van der Waals surface area contributed by atoms with Crippen LogP contribution >= 0.6 is 0 Å². The summed E-state index contributed by atoms with van der Waals surface area (Å²) in [7, 11) is 4.11. The Hall–Kier alpha value is -1.01. The van der Waals surface area contributed by atoms with Gasteiger partial charge in [0, 0.05) is 12.8 Å². The zero-order valence-electron chi connectivity index (χ0n) is 15.4. The minimum atomic E-state index is -0.745. The van der Waals surface area contributed by atoms with Crippen molar-refractivity contribution in [2.24, 2.45) is 0 Å². The summed E-state index contributed by atoms with van der Waals surface area (Å²) >= 11 is 0. The lowest BCUT2D eigenvalue weighted by molar-refractivity contribution is -0.136. The van der Waals surface area contributed by atoms with Crippen LogP contribution in [0.4, 0.5) is 0 Å². The van der Waals surface area contributed by atoms with Crippen LogP contribution in [0, 0.1) is 12.3 Å². The number of hydrogen-bond donors (Lipinski definition) is 1. The van der Waals surface area contributed by atoms with E-state index >= 15 is 0 Å². The number of aliphatic carboxylic acids is 1. The van der Waals surface area contributed by atoms with Crippen LogP contribution < -0.4 is 0 Å². The molecule has 0 heterocycles. The van der Waals surface area contributed by atoms with E-state index in [2.05, 4.69) is 59.5 Å². The Kier molecular flexibility index (Phi) is 67.5. The smallest absolute Gasteiger partial charge is 0.303 e. The van der Waals surface area contributed by atoms with Crippen LogP contribution in [0.15, 0.2) is 0 Å². The molecule has 0 aliphatic rings. The van der Waals surface area contributed by atoms with Gasteiger partial charge in [0.15, 0.2) is 0 Å². The average molecular weight is 290 g/mol. The van der Waals surface area contributed by atoms with Gasteiger partial charge in [0.2, 0.25) is 0 Å². The van der Waals surface area contributed by atoms with E-state index in [-0.39, 0.29) is 6.42 Å². The molecule has 0 saturated heterocycles. The quantitative estimate of drug-likeness (QED) is 0.734. The monoisotopic (exact) mass is 289 g/mol.